The highest BCUT2D eigenvalue weighted by Crippen LogP contribution is 2.30. The molecule has 1 fully saturated rings. The molecule has 1 saturated heterocycles. The Hall–Kier alpha value is -2.46. The number of amides is 1. The van der Waals surface area contributed by atoms with Crippen molar-refractivity contribution in [3.05, 3.63) is 35.5 Å². The average molecular weight is 643 g/mol. The van der Waals surface area contributed by atoms with Gasteiger partial charge >= 0.3 is 5.97 Å². The summed E-state index contributed by atoms with van der Waals surface area (Å²) in [5, 5.41) is 4.50. The Morgan fingerprint density at radius 1 is 1.02 bits per heavy atom. The molecule has 0 spiro atoms. The molecule has 5 N–H and O–H groups in total. The van der Waals surface area contributed by atoms with E-state index in [9.17, 15) is 9.59 Å². The predicted octanol–water partition coefficient (Wildman–Crippen LogP) is 5.37. The standard InChI is InChI=1S/C37H62N4O5/c1-23(2)28(18-27-10-11-30-26(7)22-41(33(30)19-27)14-9-15-44-8)20-32(38)34(46-37(43)35(39)25(5)6)21-31(24(3)4)36(42)40-29-12-16-45-17-13-29/h10-11,19,22-25,28-29,31-32,34-35H,9,12-18,20-21,38-39H2,1-8H3,(H,40,42)/t28-,31-,32-,34-,35-/m0/s1. The van der Waals surface area contributed by atoms with E-state index in [2.05, 4.69) is 55.1 Å². The Bertz CT molecular complexity index is 1240. The number of carbonyl (C=O) groups is 2. The molecule has 1 aromatic carbocycles. The molecular formula is C37H62N4O5. The van der Waals surface area contributed by atoms with E-state index in [1.165, 1.54) is 22.0 Å². The van der Waals surface area contributed by atoms with E-state index in [1.54, 1.807) is 7.11 Å². The van der Waals surface area contributed by atoms with E-state index in [1.807, 2.05) is 27.7 Å². The number of aryl methyl sites for hydroxylation is 2. The Morgan fingerprint density at radius 2 is 1.72 bits per heavy atom. The number of carbonyl (C=O) groups excluding carboxylic acids is 2. The maximum absolute atomic E-state index is 13.6. The first-order valence-electron chi connectivity index (χ1n) is 17.5. The summed E-state index contributed by atoms with van der Waals surface area (Å²) in [7, 11) is 1.74. The third kappa shape index (κ3) is 10.8. The third-order valence-electron chi connectivity index (χ3n) is 9.84. The zero-order valence-electron chi connectivity index (χ0n) is 29.7. The second-order valence-electron chi connectivity index (χ2n) is 14.5. The van der Waals surface area contributed by atoms with Crippen LogP contribution >= 0.6 is 0 Å². The van der Waals surface area contributed by atoms with Crippen molar-refractivity contribution < 1.29 is 23.8 Å². The molecule has 1 aromatic heterocycles. The molecule has 0 aliphatic carbocycles. The molecule has 1 aliphatic rings. The fraction of sp³-hybridized carbons (Fsp3) is 0.730. The van der Waals surface area contributed by atoms with Crippen LogP contribution in [-0.2, 0) is 36.8 Å². The van der Waals surface area contributed by atoms with Gasteiger partial charge in [-0.1, -0.05) is 53.7 Å². The van der Waals surface area contributed by atoms with E-state index in [0.717, 1.165) is 38.8 Å². The molecule has 1 amide bonds. The van der Waals surface area contributed by atoms with Crippen LogP contribution in [0.25, 0.3) is 10.9 Å². The van der Waals surface area contributed by atoms with Crippen LogP contribution < -0.4 is 16.8 Å². The molecule has 9 nitrogen and oxygen atoms in total. The number of methoxy groups -OCH3 is 1. The van der Waals surface area contributed by atoms with Crippen LogP contribution in [0.2, 0.25) is 0 Å². The minimum atomic E-state index is -0.750. The molecule has 0 bridgehead atoms. The van der Waals surface area contributed by atoms with Crippen LogP contribution in [0, 0.1) is 36.5 Å². The highest BCUT2D eigenvalue weighted by Gasteiger charge is 2.35. The zero-order valence-corrected chi connectivity index (χ0v) is 29.7. The molecular weight excluding hydrogens is 580 g/mol. The topological polar surface area (TPSA) is 131 Å². The highest BCUT2D eigenvalue weighted by atomic mass is 16.5. The summed E-state index contributed by atoms with van der Waals surface area (Å²) in [6, 6.07) is 5.66. The van der Waals surface area contributed by atoms with E-state index < -0.39 is 24.2 Å². The first kappa shape index (κ1) is 38.0. The van der Waals surface area contributed by atoms with Gasteiger partial charge in [-0.05, 0) is 86.3 Å². The summed E-state index contributed by atoms with van der Waals surface area (Å²) >= 11 is 0. The van der Waals surface area contributed by atoms with Gasteiger partial charge in [-0.3, -0.25) is 9.59 Å². The number of aromatic nitrogens is 1. The molecule has 0 unspecified atom stereocenters. The van der Waals surface area contributed by atoms with Gasteiger partial charge in [0.05, 0.1) is 0 Å². The number of hydrogen-bond acceptors (Lipinski definition) is 7. The monoisotopic (exact) mass is 642 g/mol. The molecule has 0 radical (unpaired) electrons. The lowest BCUT2D eigenvalue weighted by atomic mass is 9.80. The summed E-state index contributed by atoms with van der Waals surface area (Å²) in [6.07, 6.45) is 6.03. The maximum Gasteiger partial charge on any atom is 0.323 e. The van der Waals surface area contributed by atoms with Gasteiger partial charge in [-0.25, -0.2) is 0 Å². The molecule has 9 heteroatoms. The normalized spacial score (nSPS) is 17.8. The molecule has 3 rings (SSSR count). The summed E-state index contributed by atoms with van der Waals surface area (Å²) in [5.74, 6) is -0.251. The lowest BCUT2D eigenvalue weighted by molar-refractivity contribution is -0.155. The van der Waals surface area contributed by atoms with Gasteiger partial charge in [0.15, 0.2) is 0 Å². The van der Waals surface area contributed by atoms with Gasteiger partial charge in [0.25, 0.3) is 0 Å². The third-order valence-corrected chi connectivity index (χ3v) is 9.84. The molecule has 1 aliphatic heterocycles. The fourth-order valence-corrected chi connectivity index (χ4v) is 6.50. The van der Waals surface area contributed by atoms with Crippen LogP contribution in [0.4, 0.5) is 0 Å². The maximum atomic E-state index is 13.6. The van der Waals surface area contributed by atoms with Gasteiger partial charge in [0.2, 0.25) is 5.91 Å². The molecule has 2 aromatic rings. The second kappa shape index (κ2) is 18.2. The van der Waals surface area contributed by atoms with Crippen LogP contribution in [0.5, 0.6) is 0 Å². The first-order chi connectivity index (χ1) is 21.8. The van der Waals surface area contributed by atoms with Crippen molar-refractivity contribution in [1.82, 2.24) is 9.88 Å². The summed E-state index contributed by atoms with van der Waals surface area (Å²) < 4.78 is 19.2. The molecule has 46 heavy (non-hydrogen) atoms. The van der Waals surface area contributed by atoms with E-state index >= 15 is 0 Å². The fourth-order valence-electron chi connectivity index (χ4n) is 6.50. The van der Waals surface area contributed by atoms with E-state index in [-0.39, 0.29) is 35.6 Å². The Morgan fingerprint density at radius 3 is 2.33 bits per heavy atom. The van der Waals surface area contributed by atoms with Crippen LogP contribution in [-0.4, -0.2) is 67.6 Å². The number of hydrogen-bond donors (Lipinski definition) is 3. The average Bonchev–Trinajstić information content (AvgIpc) is 3.32. The predicted molar refractivity (Wildman–Crippen MR) is 185 cm³/mol. The van der Waals surface area contributed by atoms with Crippen molar-refractivity contribution in [2.75, 3.05) is 26.9 Å². The van der Waals surface area contributed by atoms with Crippen molar-refractivity contribution in [3.63, 3.8) is 0 Å². The lowest BCUT2D eigenvalue weighted by Crippen LogP contribution is -2.49. The molecule has 2 heterocycles. The number of nitrogens with one attached hydrogen (secondary N) is 1. The van der Waals surface area contributed by atoms with Crippen LogP contribution in [0.1, 0.15) is 84.8 Å². The van der Waals surface area contributed by atoms with Crippen LogP contribution in [0.15, 0.2) is 24.4 Å². The highest BCUT2D eigenvalue weighted by molar-refractivity contribution is 5.84. The van der Waals surface area contributed by atoms with E-state index in [4.69, 9.17) is 25.7 Å². The molecule has 260 valence electrons. The Kier molecular flexibility index (Phi) is 15.0. The zero-order chi connectivity index (χ0) is 34.0. The number of nitrogens with two attached hydrogens (primary N) is 2. The summed E-state index contributed by atoms with van der Waals surface area (Å²) in [5.41, 5.74) is 17.0. The van der Waals surface area contributed by atoms with Gasteiger partial charge < -0.3 is 35.6 Å². The molecule has 5 atom stereocenters. The SMILES string of the molecule is COCCCn1cc(C)c2ccc(C[C@@H](C[C@H](N)[C@H](C[C@H](C(=O)NC3CCOCC3)C(C)C)OC(=O)[C@@H](N)C(C)C)C(C)C)cc21. The largest absolute Gasteiger partial charge is 0.460 e. The number of fused-ring (bicyclic) bond motifs is 1. The second-order valence-corrected chi connectivity index (χ2v) is 14.5. The first-order valence-corrected chi connectivity index (χ1v) is 17.5. The number of nitrogens with zero attached hydrogens (tertiary/aromatic N) is 1. The minimum Gasteiger partial charge on any atom is -0.460 e. The Balaban J connectivity index is 1.81. The quantitative estimate of drug-likeness (QED) is 0.147. The van der Waals surface area contributed by atoms with Gasteiger partial charge in [0, 0.05) is 68.6 Å². The van der Waals surface area contributed by atoms with Gasteiger partial charge in [-0.2, -0.15) is 0 Å². The smallest absolute Gasteiger partial charge is 0.323 e. The van der Waals surface area contributed by atoms with E-state index in [0.29, 0.717) is 32.0 Å². The van der Waals surface area contributed by atoms with Gasteiger partial charge in [-0.15, -0.1) is 0 Å². The number of benzene rings is 1. The lowest BCUT2D eigenvalue weighted by Gasteiger charge is -2.34. The minimum absolute atomic E-state index is 0.0131. The van der Waals surface area contributed by atoms with Crippen molar-refractivity contribution in [2.24, 2.45) is 41.1 Å². The number of ether oxygens (including phenoxy) is 3. The van der Waals surface area contributed by atoms with Crippen LogP contribution in [0.3, 0.4) is 0 Å². The summed E-state index contributed by atoms with van der Waals surface area (Å²) in [6.45, 7) is 17.4. The number of rotatable bonds is 18. The van der Waals surface area contributed by atoms with Crippen molar-refractivity contribution in [2.45, 2.75) is 118 Å². The summed E-state index contributed by atoms with van der Waals surface area (Å²) in [4.78, 5) is 26.7. The number of esters is 1. The van der Waals surface area contributed by atoms with Crippen molar-refractivity contribution >= 4 is 22.8 Å². The van der Waals surface area contributed by atoms with Crippen molar-refractivity contribution in [3.8, 4) is 0 Å². The Labute approximate surface area is 277 Å². The molecule has 0 saturated carbocycles. The van der Waals surface area contributed by atoms with Gasteiger partial charge in [0.1, 0.15) is 12.1 Å². The van der Waals surface area contributed by atoms with Crippen molar-refractivity contribution in [1.29, 1.82) is 0 Å².